The Morgan fingerprint density at radius 1 is 1.02 bits per heavy atom. The van der Waals surface area contributed by atoms with E-state index in [0.717, 1.165) is 66.1 Å². The van der Waals surface area contributed by atoms with E-state index in [1.807, 2.05) is 35.9 Å². The molecule has 0 aliphatic heterocycles. The zero-order valence-corrected chi connectivity index (χ0v) is 27.7. The van der Waals surface area contributed by atoms with Crippen LogP contribution in [0.3, 0.4) is 0 Å². The second-order valence-corrected chi connectivity index (χ2v) is 13.4. The summed E-state index contributed by atoms with van der Waals surface area (Å²) in [7, 11) is 0. The Morgan fingerprint density at radius 2 is 1.74 bits per heavy atom. The van der Waals surface area contributed by atoms with Gasteiger partial charge in [-0.1, -0.05) is 31.9 Å². The molecule has 1 saturated carbocycles. The monoisotopic (exact) mass is 626 g/mol. The predicted molar refractivity (Wildman–Crippen MR) is 178 cm³/mol. The Balaban J connectivity index is 1.46. The average molecular weight is 627 g/mol. The molecule has 2 aromatic heterocycles. The van der Waals surface area contributed by atoms with Crippen LogP contribution in [0, 0.1) is 25.7 Å². The van der Waals surface area contributed by atoms with Crippen LogP contribution in [0.2, 0.25) is 0 Å². The number of thioether (sulfide) groups is 2. The van der Waals surface area contributed by atoms with Gasteiger partial charge in [0.2, 0.25) is 5.91 Å². The first-order valence-corrected chi connectivity index (χ1v) is 17.9. The zero-order valence-electron chi connectivity index (χ0n) is 26.1. The first-order valence-electron chi connectivity index (χ1n) is 15.2. The number of aryl methyl sites for hydroxylation is 2. The number of nitrogens with one attached hydrogen (secondary N) is 2. The molecule has 1 aromatic carbocycles. The lowest BCUT2D eigenvalue weighted by molar-refractivity contribution is -0.119. The van der Waals surface area contributed by atoms with E-state index >= 15 is 0 Å². The summed E-state index contributed by atoms with van der Waals surface area (Å²) in [6.45, 7) is 8.09. The van der Waals surface area contributed by atoms with Crippen LogP contribution in [0.5, 0.6) is 0 Å². The van der Waals surface area contributed by atoms with Crippen molar-refractivity contribution in [2.75, 3.05) is 35.9 Å². The van der Waals surface area contributed by atoms with Gasteiger partial charge in [0.25, 0.3) is 5.91 Å². The topological polar surface area (TPSA) is 103 Å². The summed E-state index contributed by atoms with van der Waals surface area (Å²) in [5, 5.41) is 15.2. The highest BCUT2D eigenvalue weighted by Gasteiger charge is 2.33. The predicted octanol–water partition coefficient (Wildman–Crippen LogP) is 6.02. The summed E-state index contributed by atoms with van der Waals surface area (Å²) < 4.78 is 9.40. The standard InChI is InChI=1S/C32H46N6O3S2/c1-22-7-9-26(10-8-22)30(35-31(39)28-15-16-33-37(28)17-6-19-42-4)32(40)34-27-13-11-25(12-14-27)29-23(2)36-38(24(29)3)21-41-18-20-43-5/h11-16,22,26,30H,6-10,17-21H2,1-5H3,(H,34,40)(H,35,39)/t22-,26-,30-/m0/s1. The van der Waals surface area contributed by atoms with Crippen molar-refractivity contribution in [1.82, 2.24) is 24.9 Å². The van der Waals surface area contributed by atoms with Crippen LogP contribution in [0.25, 0.3) is 11.1 Å². The fraction of sp³-hybridized carbons (Fsp3) is 0.562. The molecule has 1 atom stereocenters. The molecule has 1 fully saturated rings. The van der Waals surface area contributed by atoms with Gasteiger partial charge in [-0.2, -0.15) is 33.7 Å². The van der Waals surface area contributed by atoms with Gasteiger partial charge in [-0.15, -0.1) is 0 Å². The number of benzene rings is 1. The first kappa shape index (κ1) is 33.1. The molecule has 234 valence electrons. The van der Waals surface area contributed by atoms with Crippen LogP contribution < -0.4 is 10.6 Å². The minimum absolute atomic E-state index is 0.0848. The van der Waals surface area contributed by atoms with Gasteiger partial charge in [-0.25, -0.2) is 4.68 Å². The van der Waals surface area contributed by atoms with Crippen molar-refractivity contribution in [3.63, 3.8) is 0 Å². The molecule has 11 heteroatoms. The lowest BCUT2D eigenvalue weighted by Crippen LogP contribution is -2.49. The van der Waals surface area contributed by atoms with E-state index < -0.39 is 6.04 Å². The van der Waals surface area contributed by atoms with Crippen LogP contribution in [0.15, 0.2) is 36.5 Å². The summed E-state index contributed by atoms with van der Waals surface area (Å²) in [5.74, 6) is 2.24. The molecular weight excluding hydrogens is 581 g/mol. The second kappa shape index (κ2) is 16.4. The molecule has 2 amide bonds. The number of amides is 2. The zero-order chi connectivity index (χ0) is 30.8. The summed E-state index contributed by atoms with van der Waals surface area (Å²) in [6, 6.07) is 8.96. The molecule has 0 spiro atoms. The third kappa shape index (κ3) is 8.89. The third-order valence-corrected chi connectivity index (χ3v) is 9.51. The number of ether oxygens (including phenoxy) is 1. The smallest absolute Gasteiger partial charge is 0.270 e. The van der Waals surface area contributed by atoms with Gasteiger partial charge < -0.3 is 15.4 Å². The highest BCUT2D eigenvalue weighted by molar-refractivity contribution is 7.98. The molecule has 0 bridgehead atoms. The van der Waals surface area contributed by atoms with E-state index in [-0.39, 0.29) is 17.7 Å². The van der Waals surface area contributed by atoms with Crippen molar-refractivity contribution < 1.29 is 14.3 Å². The van der Waals surface area contributed by atoms with Gasteiger partial charge >= 0.3 is 0 Å². The van der Waals surface area contributed by atoms with E-state index in [1.165, 1.54) is 0 Å². The van der Waals surface area contributed by atoms with Crippen LogP contribution >= 0.6 is 23.5 Å². The van der Waals surface area contributed by atoms with Crippen LogP contribution in [0.4, 0.5) is 5.69 Å². The highest BCUT2D eigenvalue weighted by atomic mass is 32.2. The van der Waals surface area contributed by atoms with Crippen molar-refractivity contribution in [3.8, 4) is 11.1 Å². The van der Waals surface area contributed by atoms with E-state index in [4.69, 9.17) is 4.74 Å². The first-order chi connectivity index (χ1) is 20.8. The normalized spacial score (nSPS) is 17.5. The summed E-state index contributed by atoms with van der Waals surface area (Å²) in [4.78, 5) is 27.2. The molecule has 0 unspecified atom stereocenters. The molecule has 0 saturated heterocycles. The fourth-order valence-corrected chi connectivity index (χ4v) is 6.47. The Morgan fingerprint density at radius 3 is 2.44 bits per heavy atom. The molecule has 1 aliphatic rings. The van der Waals surface area contributed by atoms with Crippen molar-refractivity contribution in [3.05, 3.63) is 53.6 Å². The SMILES string of the molecule is CSCCCn1nccc1C(=O)N[C@H](C(=O)Nc1ccc(-c2c(C)nn(COCCSC)c2C)cc1)[C@H]1CC[C@H](C)CC1. The minimum atomic E-state index is -0.622. The van der Waals surface area contributed by atoms with Crippen LogP contribution in [-0.4, -0.2) is 68.0 Å². The van der Waals surface area contributed by atoms with Gasteiger partial charge in [-0.3, -0.25) is 14.3 Å². The van der Waals surface area contributed by atoms with Crippen molar-refractivity contribution in [2.24, 2.45) is 11.8 Å². The van der Waals surface area contributed by atoms with Crippen molar-refractivity contribution in [2.45, 2.75) is 72.2 Å². The second-order valence-electron chi connectivity index (χ2n) is 11.4. The third-order valence-electron chi connectivity index (χ3n) is 8.24. The van der Waals surface area contributed by atoms with Gasteiger partial charge in [-0.05, 0) is 87.0 Å². The molecule has 4 rings (SSSR count). The Bertz CT molecular complexity index is 1330. The number of rotatable bonds is 15. The number of anilines is 1. The highest BCUT2D eigenvalue weighted by Crippen LogP contribution is 2.32. The van der Waals surface area contributed by atoms with Crippen LogP contribution in [0.1, 0.15) is 60.9 Å². The molecular formula is C32H46N6O3S2. The largest absolute Gasteiger partial charge is 0.358 e. The number of nitrogens with zero attached hydrogens (tertiary/aromatic N) is 4. The van der Waals surface area contributed by atoms with Gasteiger partial charge in [0.15, 0.2) is 0 Å². The van der Waals surface area contributed by atoms with E-state index in [1.54, 1.807) is 40.5 Å². The summed E-state index contributed by atoms with van der Waals surface area (Å²) in [6.07, 6.45) is 10.6. The Labute approximate surface area is 264 Å². The van der Waals surface area contributed by atoms with Gasteiger partial charge in [0, 0.05) is 35.4 Å². The lowest BCUT2D eigenvalue weighted by atomic mass is 9.79. The van der Waals surface area contributed by atoms with Crippen molar-refractivity contribution >= 4 is 41.0 Å². The minimum Gasteiger partial charge on any atom is -0.358 e. The van der Waals surface area contributed by atoms with E-state index in [9.17, 15) is 9.59 Å². The summed E-state index contributed by atoms with van der Waals surface area (Å²) >= 11 is 3.53. The number of carbonyl (C=O) groups excluding carboxylic acids is 2. The van der Waals surface area contributed by atoms with Crippen molar-refractivity contribution in [1.29, 1.82) is 0 Å². The maximum atomic E-state index is 13.7. The van der Waals surface area contributed by atoms with Gasteiger partial charge in [0.05, 0.1) is 12.3 Å². The molecule has 1 aliphatic carbocycles. The number of hydrogen-bond acceptors (Lipinski definition) is 7. The van der Waals surface area contributed by atoms with E-state index in [2.05, 4.69) is 47.2 Å². The fourth-order valence-electron chi connectivity index (χ4n) is 5.77. The molecule has 2 heterocycles. The van der Waals surface area contributed by atoms with Gasteiger partial charge in [0.1, 0.15) is 18.5 Å². The average Bonchev–Trinajstić information content (AvgIpc) is 3.58. The number of aromatic nitrogens is 4. The van der Waals surface area contributed by atoms with E-state index in [0.29, 0.717) is 37.2 Å². The molecule has 2 N–H and O–H groups in total. The molecule has 9 nitrogen and oxygen atoms in total. The molecule has 43 heavy (non-hydrogen) atoms. The molecule has 0 radical (unpaired) electrons. The maximum Gasteiger partial charge on any atom is 0.270 e. The Kier molecular flexibility index (Phi) is 12.6. The van der Waals surface area contributed by atoms with Crippen LogP contribution in [-0.2, 0) is 22.8 Å². The Hall–Kier alpha value is -2.76. The summed E-state index contributed by atoms with van der Waals surface area (Å²) in [5.41, 5.74) is 5.27. The molecule has 3 aromatic rings. The maximum absolute atomic E-state index is 13.7. The quantitative estimate of drug-likeness (QED) is 0.199. The lowest BCUT2D eigenvalue weighted by Gasteiger charge is -2.32. The number of hydrogen-bond donors (Lipinski definition) is 2. The number of carbonyl (C=O) groups is 2.